The van der Waals surface area contributed by atoms with Crippen LogP contribution in [0.3, 0.4) is 0 Å². The standard InChI is InChI=1S/C17H19FN2O3/c1-2-20(17(22)14-8-10-23-12-14)9-7-16(21)19-11-13-3-5-15(18)6-4-13/h3-6,8,10,12H,2,7,9,11H2,1H3,(H,19,21). The minimum Gasteiger partial charge on any atom is -0.472 e. The second kappa shape index (κ2) is 8.12. The third-order valence-corrected chi connectivity index (χ3v) is 3.45. The molecule has 0 aliphatic rings. The molecule has 1 aromatic carbocycles. The van der Waals surface area contributed by atoms with E-state index in [1.165, 1.54) is 24.7 Å². The van der Waals surface area contributed by atoms with Crippen molar-refractivity contribution in [2.24, 2.45) is 0 Å². The van der Waals surface area contributed by atoms with Crippen molar-refractivity contribution in [2.45, 2.75) is 19.9 Å². The van der Waals surface area contributed by atoms with Crippen LogP contribution in [-0.2, 0) is 11.3 Å². The molecule has 2 rings (SSSR count). The highest BCUT2D eigenvalue weighted by molar-refractivity contribution is 5.94. The first-order valence-electron chi connectivity index (χ1n) is 7.42. The van der Waals surface area contributed by atoms with Crippen LogP contribution in [0.1, 0.15) is 29.3 Å². The maximum atomic E-state index is 12.8. The Labute approximate surface area is 134 Å². The van der Waals surface area contributed by atoms with Crippen LogP contribution in [-0.4, -0.2) is 29.8 Å². The summed E-state index contributed by atoms with van der Waals surface area (Å²) in [7, 11) is 0. The third kappa shape index (κ3) is 4.95. The topological polar surface area (TPSA) is 62.6 Å². The average Bonchev–Trinajstić information content (AvgIpc) is 3.09. The summed E-state index contributed by atoms with van der Waals surface area (Å²) in [5, 5.41) is 2.75. The van der Waals surface area contributed by atoms with Crippen LogP contribution < -0.4 is 5.32 Å². The maximum absolute atomic E-state index is 12.8. The van der Waals surface area contributed by atoms with Gasteiger partial charge in [0, 0.05) is 26.1 Å². The molecule has 0 aliphatic carbocycles. The van der Waals surface area contributed by atoms with Gasteiger partial charge in [0.15, 0.2) is 0 Å². The number of benzene rings is 1. The molecule has 0 aliphatic heterocycles. The van der Waals surface area contributed by atoms with E-state index in [2.05, 4.69) is 5.32 Å². The van der Waals surface area contributed by atoms with E-state index in [-0.39, 0.29) is 24.1 Å². The summed E-state index contributed by atoms with van der Waals surface area (Å²) in [6, 6.07) is 7.54. The van der Waals surface area contributed by atoms with E-state index in [1.54, 1.807) is 23.1 Å². The van der Waals surface area contributed by atoms with Gasteiger partial charge in [-0.15, -0.1) is 0 Å². The first-order valence-corrected chi connectivity index (χ1v) is 7.42. The van der Waals surface area contributed by atoms with Crippen LogP contribution in [0.15, 0.2) is 47.3 Å². The van der Waals surface area contributed by atoms with Crippen molar-refractivity contribution in [1.82, 2.24) is 10.2 Å². The number of nitrogens with one attached hydrogen (secondary N) is 1. The van der Waals surface area contributed by atoms with Crippen molar-refractivity contribution in [3.8, 4) is 0 Å². The summed E-state index contributed by atoms with van der Waals surface area (Å²) in [5.41, 5.74) is 1.29. The van der Waals surface area contributed by atoms with E-state index in [0.717, 1.165) is 5.56 Å². The van der Waals surface area contributed by atoms with Gasteiger partial charge in [-0.1, -0.05) is 12.1 Å². The molecule has 1 aromatic heterocycles. The molecule has 0 spiro atoms. The van der Waals surface area contributed by atoms with Crippen LogP contribution in [0.5, 0.6) is 0 Å². The fraction of sp³-hybridized carbons (Fsp3) is 0.294. The Balaban J connectivity index is 1.78. The molecular weight excluding hydrogens is 299 g/mol. The van der Waals surface area contributed by atoms with Crippen LogP contribution in [0.4, 0.5) is 4.39 Å². The molecule has 0 unspecified atom stereocenters. The van der Waals surface area contributed by atoms with Gasteiger partial charge < -0.3 is 14.6 Å². The quantitative estimate of drug-likeness (QED) is 0.853. The highest BCUT2D eigenvalue weighted by Gasteiger charge is 2.16. The molecule has 1 N–H and O–H groups in total. The Kier molecular flexibility index (Phi) is 5.91. The molecule has 23 heavy (non-hydrogen) atoms. The molecule has 5 nitrogen and oxygen atoms in total. The Hall–Kier alpha value is -2.63. The number of halogens is 1. The van der Waals surface area contributed by atoms with Gasteiger partial charge in [0.05, 0.1) is 11.8 Å². The molecule has 0 saturated heterocycles. The lowest BCUT2D eigenvalue weighted by molar-refractivity contribution is -0.121. The minimum absolute atomic E-state index is 0.159. The molecular formula is C17H19FN2O3. The molecule has 6 heteroatoms. The summed E-state index contributed by atoms with van der Waals surface area (Å²) in [6.45, 7) is 3.03. The lowest BCUT2D eigenvalue weighted by Gasteiger charge is -2.19. The molecule has 0 atom stereocenters. The summed E-state index contributed by atoms with van der Waals surface area (Å²) >= 11 is 0. The molecule has 1 heterocycles. The second-order valence-corrected chi connectivity index (χ2v) is 5.05. The maximum Gasteiger partial charge on any atom is 0.257 e. The third-order valence-electron chi connectivity index (χ3n) is 3.45. The number of furan rings is 1. The fourth-order valence-corrected chi connectivity index (χ4v) is 2.10. The van der Waals surface area contributed by atoms with Crippen LogP contribution in [0.25, 0.3) is 0 Å². The fourth-order valence-electron chi connectivity index (χ4n) is 2.10. The van der Waals surface area contributed by atoms with Gasteiger partial charge in [-0.2, -0.15) is 0 Å². The van der Waals surface area contributed by atoms with Crippen LogP contribution in [0, 0.1) is 5.82 Å². The van der Waals surface area contributed by atoms with Crippen molar-refractivity contribution < 1.29 is 18.4 Å². The first-order chi connectivity index (χ1) is 11.1. The van der Waals surface area contributed by atoms with Gasteiger partial charge >= 0.3 is 0 Å². The molecule has 2 amide bonds. The Bertz CT molecular complexity index is 638. The number of carbonyl (C=O) groups excluding carboxylic acids is 2. The number of nitrogens with zero attached hydrogens (tertiary/aromatic N) is 1. The minimum atomic E-state index is -0.309. The van der Waals surface area contributed by atoms with Gasteiger partial charge in [-0.3, -0.25) is 9.59 Å². The number of hydrogen-bond donors (Lipinski definition) is 1. The average molecular weight is 318 g/mol. The van der Waals surface area contributed by atoms with Crippen molar-refractivity contribution in [2.75, 3.05) is 13.1 Å². The summed E-state index contributed by atoms with van der Waals surface area (Å²) in [4.78, 5) is 25.6. The predicted molar refractivity (Wildman–Crippen MR) is 83.1 cm³/mol. The van der Waals surface area contributed by atoms with Crippen molar-refractivity contribution in [3.63, 3.8) is 0 Å². The van der Waals surface area contributed by atoms with Gasteiger partial charge in [0.2, 0.25) is 5.91 Å². The Morgan fingerprint density at radius 3 is 2.57 bits per heavy atom. The molecule has 122 valence electrons. The number of hydrogen-bond acceptors (Lipinski definition) is 3. The molecule has 0 radical (unpaired) electrons. The van der Waals surface area contributed by atoms with Gasteiger partial charge in [0.1, 0.15) is 12.1 Å². The molecule has 0 saturated carbocycles. The zero-order valence-electron chi connectivity index (χ0n) is 12.9. The monoisotopic (exact) mass is 318 g/mol. The highest BCUT2D eigenvalue weighted by Crippen LogP contribution is 2.06. The van der Waals surface area contributed by atoms with E-state index >= 15 is 0 Å². The van der Waals surface area contributed by atoms with Gasteiger partial charge in [-0.25, -0.2) is 4.39 Å². The largest absolute Gasteiger partial charge is 0.472 e. The number of amides is 2. The SMILES string of the molecule is CCN(CCC(=O)NCc1ccc(F)cc1)C(=O)c1ccoc1. The van der Waals surface area contributed by atoms with Gasteiger partial charge in [-0.05, 0) is 30.7 Å². The smallest absolute Gasteiger partial charge is 0.257 e. The predicted octanol–water partition coefficient (Wildman–Crippen LogP) is 2.59. The first kappa shape index (κ1) is 16.7. The van der Waals surface area contributed by atoms with Gasteiger partial charge in [0.25, 0.3) is 5.91 Å². The Morgan fingerprint density at radius 1 is 1.22 bits per heavy atom. The van der Waals surface area contributed by atoms with E-state index < -0.39 is 0 Å². The molecule has 2 aromatic rings. The summed E-state index contributed by atoms with van der Waals surface area (Å²) in [6.07, 6.45) is 3.04. The zero-order valence-corrected chi connectivity index (χ0v) is 12.9. The van der Waals surface area contributed by atoms with E-state index in [4.69, 9.17) is 4.42 Å². The molecule has 0 bridgehead atoms. The Morgan fingerprint density at radius 2 is 1.96 bits per heavy atom. The number of carbonyl (C=O) groups is 2. The van der Waals surface area contributed by atoms with Crippen molar-refractivity contribution in [1.29, 1.82) is 0 Å². The summed E-state index contributed by atoms with van der Waals surface area (Å²) < 4.78 is 17.7. The normalized spacial score (nSPS) is 10.3. The van der Waals surface area contributed by atoms with Crippen LogP contribution in [0.2, 0.25) is 0 Å². The van der Waals surface area contributed by atoms with Crippen LogP contribution >= 0.6 is 0 Å². The second-order valence-electron chi connectivity index (χ2n) is 5.05. The van der Waals surface area contributed by atoms with Crippen molar-refractivity contribution in [3.05, 3.63) is 59.8 Å². The number of rotatable bonds is 7. The summed E-state index contributed by atoms with van der Waals surface area (Å²) in [5.74, 6) is -0.628. The zero-order chi connectivity index (χ0) is 16.7. The van der Waals surface area contributed by atoms with E-state index in [0.29, 0.717) is 25.2 Å². The highest BCUT2D eigenvalue weighted by atomic mass is 19.1. The molecule has 0 fully saturated rings. The van der Waals surface area contributed by atoms with E-state index in [1.807, 2.05) is 6.92 Å². The lowest BCUT2D eigenvalue weighted by Crippen LogP contribution is -2.34. The van der Waals surface area contributed by atoms with E-state index in [9.17, 15) is 14.0 Å². The van der Waals surface area contributed by atoms with Crippen molar-refractivity contribution >= 4 is 11.8 Å². The lowest BCUT2D eigenvalue weighted by atomic mass is 10.2.